The summed E-state index contributed by atoms with van der Waals surface area (Å²) >= 11 is 0. The summed E-state index contributed by atoms with van der Waals surface area (Å²) in [6.07, 6.45) is 3.34. The van der Waals surface area contributed by atoms with Gasteiger partial charge in [-0.15, -0.1) is 0 Å². The van der Waals surface area contributed by atoms with Crippen molar-refractivity contribution < 1.29 is 1.37 Å². The molecule has 0 aromatic carbocycles. The lowest BCUT2D eigenvalue weighted by molar-refractivity contribution is 0.776. The minimum absolute atomic E-state index is 0.422. The van der Waals surface area contributed by atoms with Crippen molar-refractivity contribution in [3.05, 3.63) is 24.5 Å². The third kappa shape index (κ3) is 0.673. The Labute approximate surface area is 59.7 Å². The molecule has 0 atom stereocenters. The van der Waals surface area contributed by atoms with Crippen LogP contribution in [0.4, 0.5) is 0 Å². The molecule has 2 rings (SSSR count). The van der Waals surface area contributed by atoms with Gasteiger partial charge in [0.05, 0.1) is 1.37 Å². The number of rotatable bonds is 0. The molecule has 3 nitrogen and oxygen atoms in total. The molecule has 0 aliphatic carbocycles. The van der Waals surface area contributed by atoms with Crippen LogP contribution < -0.4 is 0 Å². The molecule has 0 bridgehead atoms. The molecule has 2 aromatic heterocycles. The average molecular weight is 134 g/mol. The van der Waals surface area contributed by atoms with Crippen molar-refractivity contribution in [2.24, 2.45) is 7.05 Å². The van der Waals surface area contributed by atoms with Gasteiger partial charge in [-0.25, -0.2) is 4.98 Å². The Bertz CT molecular complexity index is 393. The maximum atomic E-state index is 7.29. The second-order valence-corrected chi connectivity index (χ2v) is 2.15. The van der Waals surface area contributed by atoms with Crippen LogP contribution >= 0.6 is 0 Å². The maximum Gasteiger partial charge on any atom is 0.181 e. The van der Waals surface area contributed by atoms with E-state index in [1.165, 1.54) is 6.20 Å². The Morgan fingerprint density at radius 1 is 1.70 bits per heavy atom. The molecule has 0 amide bonds. The van der Waals surface area contributed by atoms with Gasteiger partial charge in [-0.05, 0) is 12.1 Å². The number of hydrogen-bond acceptors (Lipinski definition) is 2. The monoisotopic (exact) mass is 134 g/mol. The van der Waals surface area contributed by atoms with E-state index >= 15 is 0 Å². The SMILES string of the molecule is [2H]c1cnc2nn(C)cc2c1. The van der Waals surface area contributed by atoms with Crippen LogP contribution in [-0.2, 0) is 7.05 Å². The van der Waals surface area contributed by atoms with E-state index in [2.05, 4.69) is 10.1 Å². The zero-order chi connectivity index (χ0) is 7.84. The highest BCUT2D eigenvalue weighted by Crippen LogP contribution is 2.05. The van der Waals surface area contributed by atoms with Crippen molar-refractivity contribution in [3.63, 3.8) is 0 Å². The van der Waals surface area contributed by atoms with E-state index in [0.717, 1.165) is 5.39 Å². The van der Waals surface area contributed by atoms with E-state index in [9.17, 15) is 0 Å². The zero-order valence-electron chi connectivity index (χ0n) is 6.57. The topological polar surface area (TPSA) is 30.7 Å². The summed E-state index contributed by atoms with van der Waals surface area (Å²) in [5.41, 5.74) is 0.698. The predicted molar refractivity (Wildman–Crippen MR) is 38.5 cm³/mol. The van der Waals surface area contributed by atoms with E-state index in [-0.39, 0.29) is 0 Å². The maximum absolute atomic E-state index is 7.29. The molecule has 0 aliphatic rings. The first-order valence-corrected chi connectivity index (χ1v) is 3.02. The lowest BCUT2D eigenvalue weighted by Gasteiger charge is -1.80. The van der Waals surface area contributed by atoms with Gasteiger partial charge in [-0.3, -0.25) is 4.68 Å². The van der Waals surface area contributed by atoms with Crippen molar-refractivity contribution in [2.45, 2.75) is 0 Å². The molecule has 0 saturated carbocycles. The van der Waals surface area contributed by atoms with Crippen molar-refractivity contribution in [2.75, 3.05) is 0 Å². The number of hydrogen-bond donors (Lipinski definition) is 0. The minimum atomic E-state index is 0.422. The Hall–Kier alpha value is -1.38. The Morgan fingerprint density at radius 3 is 3.50 bits per heavy atom. The van der Waals surface area contributed by atoms with Gasteiger partial charge in [-0.2, -0.15) is 5.10 Å². The quantitative estimate of drug-likeness (QED) is 0.537. The highest BCUT2D eigenvalue weighted by atomic mass is 15.3. The molecular formula is C7H7N3. The van der Waals surface area contributed by atoms with Crippen LogP contribution in [0.3, 0.4) is 0 Å². The van der Waals surface area contributed by atoms with Gasteiger partial charge in [0.1, 0.15) is 0 Å². The van der Waals surface area contributed by atoms with Gasteiger partial charge < -0.3 is 0 Å². The molecule has 10 heavy (non-hydrogen) atoms. The highest BCUT2D eigenvalue weighted by molar-refractivity contribution is 5.73. The summed E-state index contributed by atoms with van der Waals surface area (Å²) in [5.74, 6) is 0. The molecular weight excluding hydrogens is 126 g/mol. The first kappa shape index (κ1) is 4.44. The molecule has 0 saturated heterocycles. The number of nitrogens with zero attached hydrogens (tertiary/aromatic N) is 3. The molecule has 0 aliphatic heterocycles. The largest absolute Gasteiger partial charge is 0.273 e. The van der Waals surface area contributed by atoms with Crippen LogP contribution in [0.1, 0.15) is 1.37 Å². The third-order valence-electron chi connectivity index (χ3n) is 1.34. The van der Waals surface area contributed by atoms with E-state index in [4.69, 9.17) is 1.37 Å². The van der Waals surface area contributed by atoms with Crippen molar-refractivity contribution in [1.82, 2.24) is 14.8 Å². The van der Waals surface area contributed by atoms with Crippen LogP contribution in [0.5, 0.6) is 0 Å². The van der Waals surface area contributed by atoms with Gasteiger partial charge in [0, 0.05) is 24.8 Å². The highest BCUT2D eigenvalue weighted by Gasteiger charge is 1.94. The van der Waals surface area contributed by atoms with Crippen molar-refractivity contribution in [3.8, 4) is 0 Å². The minimum Gasteiger partial charge on any atom is -0.273 e. The number of fused-ring (bicyclic) bond motifs is 1. The molecule has 3 heteroatoms. The zero-order valence-corrected chi connectivity index (χ0v) is 5.57. The van der Waals surface area contributed by atoms with Crippen LogP contribution in [0.25, 0.3) is 11.0 Å². The normalized spacial score (nSPS) is 11.9. The molecule has 0 N–H and O–H groups in total. The van der Waals surface area contributed by atoms with Crippen molar-refractivity contribution in [1.29, 1.82) is 0 Å². The summed E-state index contributed by atoms with van der Waals surface area (Å²) < 4.78 is 8.98. The molecule has 0 fully saturated rings. The molecule has 0 spiro atoms. The lowest BCUT2D eigenvalue weighted by atomic mass is 10.4. The molecule has 2 aromatic rings. The molecule has 50 valence electrons. The molecule has 0 radical (unpaired) electrons. The summed E-state index contributed by atoms with van der Waals surface area (Å²) in [4.78, 5) is 3.98. The first-order chi connectivity index (χ1) is 5.25. The second-order valence-electron chi connectivity index (χ2n) is 2.15. The van der Waals surface area contributed by atoms with Gasteiger partial charge in [0.25, 0.3) is 0 Å². The van der Waals surface area contributed by atoms with Crippen LogP contribution in [0, 0.1) is 0 Å². The fourth-order valence-corrected chi connectivity index (χ4v) is 0.923. The van der Waals surface area contributed by atoms with Gasteiger partial charge in [0.2, 0.25) is 0 Å². The standard InChI is InChI=1S/C7H7N3/c1-10-5-6-3-2-4-8-7(6)9-10/h2-5H,1H3/i2D. The number of pyridine rings is 1. The predicted octanol–water partition coefficient (Wildman–Crippen LogP) is 0.968. The lowest BCUT2D eigenvalue weighted by Crippen LogP contribution is -1.85. The summed E-state index contributed by atoms with van der Waals surface area (Å²) in [5, 5.41) is 4.99. The first-order valence-electron chi connectivity index (χ1n) is 3.52. The van der Waals surface area contributed by atoms with E-state index in [0.29, 0.717) is 11.7 Å². The fraction of sp³-hybridized carbons (Fsp3) is 0.143. The van der Waals surface area contributed by atoms with Crippen LogP contribution in [-0.4, -0.2) is 14.8 Å². The molecule has 0 unspecified atom stereocenters. The average Bonchev–Trinajstić information content (AvgIpc) is 2.27. The van der Waals surface area contributed by atoms with E-state index in [1.807, 2.05) is 13.2 Å². The van der Waals surface area contributed by atoms with Crippen LogP contribution in [0.2, 0.25) is 0 Å². The second kappa shape index (κ2) is 1.80. The summed E-state index contributed by atoms with van der Waals surface area (Å²) in [6.45, 7) is 0. The van der Waals surface area contributed by atoms with Gasteiger partial charge in [0.15, 0.2) is 5.65 Å². The molecule has 2 heterocycles. The van der Waals surface area contributed by atoms with E-state index < -0.39 is 0 Å². The Balaban J connectivity index is 2.82. The Morgan fingerprint density at radius 2 is 2.60 bits per heavy atom. The third-order valence-corrected chi connectivity index (χ3v) is 1.34. The van der Waals surface area contributed by atoms with Crippen LogP contribution in [0.15, 0.2) is 24.5 Å². The smallest absolute Gasteiger partial charge is 0.181 e. The summed E-state index contributed by atoms with van der Waals surface area (Å²) in [6, 6.07) is 2.17. The van der Waals surface area contributed by atoms with Gasteiger partial charge in [-0.1, -0.05) is 0 Å². The number of aromatic nitrogens is 3. The van der Waals surface area contributed by atoms with E-state index in [1.54, 1.807) is 10.7 Å². The Kier molecular flexibility index (Phi) is 0.799. The fourth-order valence-electron chi connectivity index (χ4n) is 0.923. The van der Waals surface area contributed by atoms with Gasteiger partial charge >= 0.3 is 0 Å². The summed E-state index contributed by atoms with van der Waals surface area (Å²) in [7, 11) is 1.84. The number of aryl methyl sites for hydroxylation is 1. The van der Waals surface area contributed by atoms with Crippen molar-refractivity contribution >= 4 is 11.0 Å².